The Morgan fingerprint density at radius 1 is 1.00 bits per heavy atom. The van der Waals surface area contributed by atoms with E-state index in [2.05, 4.69) is 21.2 Å². The van der Waals surface area contributed by atoms with Crippen LogP contribution in [0.4, 0.5) is 4.39 Å². The molecule has 0 aliphatic heterocycles. The Kier molecular flexibility index (Phi) is 5.67. The quantitative estimate of drug-likeness (QED) is 0.661. The zero-order valence-corrected chi connectivity index (χ0v) is 14.6. The maximum absolute atomic E-state index is 13.7. The average molecular weight is 391 g/mol. The molecular formula is C19H18BrFNO2+. The molecule has 0 bridgehead atoms. The number of nitrogens with two attached hydrogens (primary N) is 1. The highest BCUT2D eigenvalue weighted by Gasteiger charge is 2.09. The molecule has 0 spiro atoms. The number of quaternary nitrogens is 1. The summed E-state index contributed by atoms with van der Waals surface area (Å²) in [5.41, 5.74) is 1.60. The van der Waals surface area contributed by atoms with Crippen molar-refractivity contribution in [3.05, 3.63) is 88.0 Å². The van der Waals surface area contributed by atoms with Crippen LogP contribution in [0.2, 0.25) is 0 Å². The topological polar surface area (TPSA) is 39.0 Å². The van der Waals surface area contributed by atoms with Crippen LogP contribution in [-0.2, 0) is 19.7 Å². The Bertz CT molecular complexity index is 790. The summed E-state index contributed by atoms with van der Waals surface area (Å²) in [6, 6.07) is 16.3. The van der Waals surface area contributed by atoms with Crippen molar-refractivity contribution in [2.24, 2.45) is 0 Å². The van der Waals surface area contributed by atoms with Gasteiger partial charge in [0, 0.05) is 15.6 Å². The van der Waals surface area contributed by atoms with Crippen molar-refractivity contribution in [2.45, 2.75) is 19.7 Å². The van der Waals surface area contributed by atoms with Gasteiger partial charge in [0.1, 0.15) is 31.3 Å². The lowest BCUT2D eigenvalue weighted by Gasteiger charge is -2.12. The Morgan fingerprint density at radius 2 is 1.88 bits per heavy atom. The van der Waals surface area contributed by atoms with E-state index in [4.69, 9.17) is 9.15 Å². The molecule has 0 atom stereocenters. The lowest BCUT2D eigenvalue weighted by Crippen LogP contribution is -2.80. The summed E-state index contributed by atoms with van der Waals surface area (Å²) in [7, 11) is 0. The second-order valence-electron chi connectivity index (χ2n) is 5.41. The number of hydrogen-bond acceptors (Lipinski definition) is 2. The molecule has 2 aromatic carbocycles. The Morgan fingerprint density at radius 3 is 2.67 bits per heavy atom. The highest BCUT2D eigenvalue weighted by Crippen LogP contribution is 2.24. The van der Waals surface area contributed by atoms with Crippen molar-refractivity contribution in [1.29, 1.82) is 0 Å². The molecule has 2 N–H and O–H groups in total. The lowest BCUT2D eigenvalue weighted by molar-refractivity contribution is -0.688. The molecule has 0 saturated heterocycles. The fraction of sp³-hybridized carbons (Fsp3) is 0.158. The summed E-state index contributed by atoms with van der Waals surface area (Å²) >= 11 is 3.49. The van der Waals surface area contributed by atoms with Gasteiger partial charge in [-0.2, -0.15) is 0 Å². The van der Waals surface area contributed by atoms with Crippen LogP contribution in [0.5, 0.6) is 5.75 Å². The molecule has 3 nitrogen and oxygen atoms in total. The molecule has 0 unspecified atom stereocenters. The second-order valence-corrected chi connectivity index (χ2v) is 6.32. The third kappa shape index (κ3) is 4.46. The van der Waals surface area contributed by atoms with Gasteiger partial charge in [0.05, 0.1) is 6.26 Å². The zero-order chi connectivity index (χ0) is 16.8. The van der Waals surface area contributed by atoms with Crippen LogP contribution in [0.15, 0.2) is 69.8 Å². The highest BCUT2D eigenvalue weighted by atomic mass is 79.9. The zero-order valence-electron chi connectivity index (χ0n) is 13.0. The van der Waals surface area contributed by atoms with Crippen LogP contribution in [-0.4, -0.2) is 0 Å². The molecule has 3 aromatic rings. The van der Waals surface area contributed by atoms with Crippen molar-refractivity contribution < 1.29 is 18.9 Å². The summed E-state index contributed by atoms with van der Waals surface area (Å²) in [4.78, 5) is 0. The molecular weight excluding hydrogens is 373 g/mol. The standard InChI is InChI=1S/C19H17BrFNO2/c20-16-7-8-19(24-13-14-4-1-2-6-18(14)21)15(10-16)11-22-12-17-5-3-9-23-17/h1-10,22H,11-13H2/p+1. The van der Waals surface area contributed by atoms with Crippen LogP contribution < -0.4 is 10.1 Å². The van der Waals surface area contributed by atoms with Crippen molar-refractivity contribution in [1.82, 2.24) is 0 Å². The van der Waals surface area contributed by atoms with E-state index in [1.165, 1.54) is 6.07 Å². The minimum atomic E-state index is -0.249. The number of ether oxygens (including phenoxy) is 1. The average Bonchev–Trinajstić information content (AvgIpc) is 3.09. The third-order valence-electron chi connectivity index (χ3n) is 3.65. The van der Waals surface area contributed by atoms with Crippen LogP contribution in [0.1, 0.15) is 16.9 Å². The first-order valence-corrected chi connectivity index (χ1v) is 8.50. The molecule has 24 heavy (non-hydrogen) atoms. The second kappa shape index (κ2) is 8.13. The maximum atomic E-state index is 13.7. The number of benzene rings is 2. The first kappa shape index (κ1) is 16.7. The molecule has 0 amide bonds. The van der Waals surface area contributed by atoms with Gasteiger partial charge in [-0.25, -0.2) is 4.39 Å². The van der Waals surface area contributed by atoms with E-state index < -0.39 is 0 Å². The van der Waals surface area contributed by atoms with E-state index in [1.54, 1.807) is 24.5 Å². The van der Waals surface area contributed by atoms with Gasteiger partial charge < -0.3 is 14.5 Å². The number of rotatable bonds is 7. The van der Waals surface area contributed by atoms with E-state index in [0.29, 0.717) is 5.56 Å². The van der Waals surface area contributed by atoms with Gasteiger partial charge in [0.2, 0.25) is 0 Å². The smallest absolute Gasteiger partial charge is 0.157 e. The lowest BCUT2D eigenvalue weighted by atomic mass is 10.2. The Labute approximate surface area is 148 Å². The minimum absolute atomic E-state index is 0.208. The largest absolute Gasteiger partial charge is 0.488 e. The molecule has 5 heteroatoms. The summed E-state index contributed by atoms with van der Waals surface area (Å²) < 4.78 is 25.9. The minimum Gasteiger partial charge on any atom is -0.488 e. The monoisotopic (exact) mass is 390 g/mol. The van der Waals surface area contributed by atoms with Crippen LogP contribution in [0.25, 0.3) is 0 Å². The van der Waals surface area contributed by atoms with Gasteiger partial charge in [0.15, 0.2) is 5.76 Å². The number of furan rings is 1. The number of hydrogen-bond donors (Lipinski definition) is 1. The highest BCUT2D eigenvalue weighted by molar-refractivity contribution is 9.10. The molecule has 3 rings (SSSR count). The number of halogens is 2. The van der Waals surface area contributed by atoms with E-state index in [9.17, 15) is 4.39 Å². The Hall–Kier alpha value is -2.11. The van der Waals surface area contributed by atoms with Crippen LogP contribution in [0.3, 0.4) is 0 Å². The molecule has 1 heterocycles. The molecule has 124 valence electrons. The van der Waals surface area contributed by atoms with Crippen molar-refractivity contribution in [3.8, 4) is 5.75 Å². The van der Waals surface area contributed by atoms with E-state index in [0.717, 1.165) is 34.6 Å². The maximum Gasteiger partial charge on any atom is 0.157 e. The van der Waals surface area contributed by atoms with Gasteiger partial charge in [-0.1, -0.05) is 34.1 Å². The van der Waals surface area contributed by atoms with E-state index in [1.807, 2.05) is 30.3 Å². The van der Waals surface area contributed by atoms with Gasteiger partial charge in [0.25, 0.3) is 0 Å². The van der Waals surface area contributed by atoms with E-state index in [-0.39, 0.29) is 12.4 Å². The Balaban J connectivity index is 1.65. The van der Waals surface area contributed by atoms with Crippen molar-refractivity contribution >= 4 is 15.9 Å². The van der Waals surface area contributed by atoms with Crippen molar-refractivity contribution in [2.75, 3.05) is 0 Å². The summed E-state index contributed by atoms with van der Waals surface area (Å²) in [5, 5.41) is 2.14. The van der Waals surface area contributed by atoms with Crippen LogP contribution in [0, 0.1) is 5.82 Å². The fourth-order valence-corrected chi connectivity index (χ4v) is 2.83. The predicted molar refractivity (Wildman–Crippen MR) is 92.9 cm³/mol. The van der Waals surface area contributed by atoms with Crippen LogP contribution >= 0.6 is 15.9 Å². The fourth-order valence-electron chi connectivity index (χ4n) is 2.42. The molecule has 0 radical (unpaired) electrons. The van der Waals surface area contributed by atoms with Gasteiger partial charge in [-0.05, 0) is 36.4 Å². The molecule has 0 fully saturated rings. The molecule has 0 aliphatic rings. The molecule has 0 aliphatic carbocycles. The normalized spacial score (nSPS) is 10.8. The van der Waals surface area contributed by atoms with Gasteiger partial charge in [-0.3, -0.25) is 0 Å². The predicted octanol–water partition coefficient (Wildman–Crippen LogP) is 4.02. The van der Waals surface area contributed by atoms with E-state index >= 15 is 0 Å². The van der Waals surface area contributed by atoms with Gasteiger partial charge >= 0.3 is 0 Å². The van der Waals surface area contributed by atoms with Crippen molar-refractivity contribution in [3.63, 3.8) is 0 Å². The molecule has 1 aromatic heterocycles. The molecule has 0 saturated carbocycles. The van der Waals surface area contributed by atoms with Gasteiger partial charge in [-0.15, -0.1) is 0 Å². The first-order valence-electron chi connectivity index (χ1n) is 7.71. The summed E-state index contributed by atoms with van der Waals surface area (Å²) in [6.07, 6.45) is 1.67. The summed E-state index contributed by atoms with van der Waals surface area (Å²) in [5.74, 6) is 1.44. The first-order chi connectivity index (χ1) is 11.7. The SMILES string of the molecule is Fc1ccccc1COc1ccc(Br)cc1C[NH2+]Cc1ccco1. The third-order valence-corrected chi connectivity index (χ3v) is 4.15. The summed E-state index contributed by atoms with van der Waals surface area (Å²) in [6.45, 7) is 1.71.